The Hall–Kier alpha value is -2.19. The number of rotatable bonds is 5. The Bertz CT molecular complexity index is 1320. The lowest BCUT2D eigenvalue weighted by molar-refractivity contribution is -0.143. The van der Waals surface area contributed by atoms with Gasteiger partial charge in [0, 0.05) is 17.8 Å². The van der Waals surface area contributed by atoms with Crippen LogP contribution in [0.5, 0.6) is 0 Å². The fraction of sp³-hybridized carbons (Fsp3) is 0.348. The molecule has 1 fully saturated rings. The van der Waals surface area contributed by atoms with Crippen molar-refractivity contribution in [1.82, 2.24) is 10.6 Å². The summed E-state index contributed by atoms with van der Waals surface area (Å²) in [6.07, 6.45) is -8.06. The number of halogens is 10. The van der Waals surface area contributed by atoms with Crippen LogP contribution >= 0.6 is 58.6 Å². The quantitative estimate of drug-likeness (QED) is 0.111. The molecule has 0 spiro atoms. The van der Waals surface area contributed by atoms with E-state index in [1.54, 1.807) is 0 Å². The molecule has 2 aromatic rings. The van der Waals surface area contributed by atoms with Crippen LogP contribution < -0.4 is 16.0 Å². The monoisotopic (exact) mass is 669 g/mol. The minimum atomic E-state index is -5.05. The zero-order chi connectivity index (χ0) is 30.2. The molecule has 0 radical (unpaired) electrons. The van der Waals surface area contributed by atoms with E-state index in [-0.39, 0.29) is 21.2 Å². The van der Waals surface area contributed by atoms with Crippen molar-refractivity contribution < 1.29 is 41.0 Å². The first-order chi connectivity index (χ1) is 18.4. The highest BCUT2D eigenvalue weighted by molar-refractivity contribution is 7.80. The van der Waals surface area contributed by atoms with Crippen LogP contribution in [0, 0.1) is 0 Å². The molecule has 6 nitrogen and oxygen atoms in total. The standard InChI is InChI=1S/C23H17Cl4F6N3O3S/c24-15-13(14(20(38)39)16(25)18(27)17(15)26)19(37)35-11-3-1-2-4-12(11)36-21(40)34-10-6-8(22(28,29)30)5-9(7-10)23(31,32)33/h5-7,11-12H,1-4H2,(H,35,37)(H,38,39)(H2,34,36,40)/t11-,12-/m1/s1. The predicted molar refractivity (Wildman–Crippen MR) is 143 cm³/mol. The largest absolute Gasteiger partial charge is 0.478 e. The third-order valence-corrected chi connectivity index (χ3v) is 7.97. The smallest absolute Gasteiger partial charge is 0.416 e. The molecule has 1 aliphatic carbocycles. The van der Waals surface area contributed by atoms with Crippen LogP contribution in [0.4, 0.5) is 32.0 Å². The van der Waals surface area contributed by atoms with Crippen molar-refractivity contribution in [2.75, 3.05) is 5.32 Å². The van der Waals surface area contributed by atoms with Gasteiger partial charge in [0.05, 0.1) is 42.3 Å². The summed E-state index contributed by atoms with van der Waals surface area (Å²) < 4.78 is 79.1. The lowest BCUT2D eigenvalue weighted by atomic mass is 9.90. The lowest BCUT2D eigenvalue weighted by Gasteiger charge is -2.34. The number of hydrogen-bond acceptors (Lipinski definition) is 3. The van der Waals surface area contributed by atoms with E-state index in [4.69, 9.17) is 58.6 Å². The first-order valence-corrected chi connectivity index (χ1v) is 13.1. The maximum Gasteiger partial charge on any atom is 0.416 e. The van der Waals surface area contributed by atoms with Crippen molar-refractivity contribution in [3.63, 3.8) is 0 Å². The fourth-order valence-corrected chi connectivity index (χ4v) is 5.41. The summed E-state index contributed by atoms with van der Waals surface area (Å²) in [6, 6.07) is -0.408. The molecule has 218 valence electrons. The zero-order valence-electron chi connectivity index (χ0n) is 19.7. The summed E-state index contributed by atoms with van der Waals surface area (Å²) >= 11 is 29.2. The minimum absolute atomic E-state index is 0.0137. The summed E-state index contributed by atoms with van der Waals surface area (Å²) in [5, 5.41) is 15.4. The van der Waals surface area contributed by atoms with Crippen LogP contribution in [0.3, 0.4) is 0 Å². The molecule has 17 heteroatoms. The van der Waals surface area contributed by atoms with Crippen LogP contribution in [0.1, 0.15) is 57.5 Å². The third-order valence-electron chi connectivity index (χ3n) is 5.95. The number of benzene rings is 2. The predicted octanol–water partition coefficient (Wildman–Crippen LogP) is 8.06. The van der Waals surface area contributed by atoms with E-state index < -0.39 is 74.3 Å². The van der Waals surface area contributed by atoms with Crippen molar-refractivity contribution in [3.8, 4) is 0 Å². The molecule has 1 saturated carbocycles. The number of alkyl halides is 6. The second kappa shape index (κ2) is 12.4. The van der Waals surface area contributed by atoms with Crippen LogP contribution in [0.2, 0.25) is 20.1 Å². The molecule has 2 aromatic carbocycles. The number of carbonyl (C=O) groups is 2. The molecular formula is C23H17Cl4F6N3O3S. The van der Waals surface area contributed by atoms with Crippen molar-refractivity contribution >= 4 is 81.3 Å². The van der Waals surface area contributed by atoms with E-state index in [2.05, 4.69) is 16.0 Å². The number of carboxylic acid groups (broad SMARTS) is 1. The Morgan fingerprint density at radius 2 is 1.23 bits per heavy atom. The highest BCUT2D eigenvalue weighted by Gasteiger charge is 2.37. The summed E-state index contributed by atoms with van der Waals surface area (Å²) in [5.41, 5.74) is -4.83. The van der Waals surface area contributed by atoms with Gasteiger partial charge in [-0.2, -0.15) is 26.3 Å². The van der Waals surface area contributed by atoms with Gasteiger partial charge in [-0.25, -0.2) is 4.79 Å². The summed E-state index contributed by atoms with van der Waals surface area (Å²) in [4.78, 5) is 25.0. The Kier molecular flexibility index (Phi) is 9.99. The summed E-state index contributed by atoms with van der Waals surface area (Å²) in [5.74, 6) is -2.55. The minimum Gasteiger partial charge on any atom is -0.478 e. The Morgan fingerprint density at radius 3 is 1.68 bits per heavy atom. The number of anilines is 1. The molecule has 0 aliphatic heterocycles. The number of amides is 1. The fourth-order valence-electron chi connectivity index (χ4n) is 4.13. The average Bonchev–Trinajstić information content (AvgIpc) is 2.84. The van der Waals surface area contributed by atoms with Crippen LogP contribution in [0.15, 0.2) is 18.2 Å². The van der Waals surface area contributed by atoms with Crippen molar-refractivity contribution in [1.29, 1.82) is 0 Å². The summed E-state index contributed by atoms with van der Waals surface area (Å²) in [6.45, 7) is 0. The van der Waals surface area contributed by atoms with Gasteiger partial charge >= 0.3 is 18.3 Å². The first kappa shape index (κ1) is 32.3. The first-order valence-electron chi connectivity index (χ1n) is 11.2. The molecule has 0 bridgehead atoms. The molecule has 0 unspecified atom stereocenters. The van der Waals surface area contributed by atoms with E-state index in [0.29, 0.717) is 37.8 Å². The topological polar surface area (TPSA) is 90.5 Å². The molecule has 0 aromatic heterocycles. The molecule has 0 saturated heterocycles. The summed E-state index contributed by atoms with van der Waals surface area (Å²) in [7, 11) is 0. The van der Waals surface area contributed by atoms with E-state index in [1.165, 1.54) is 0 Å². The molecule has 0 heterocycles. The van der Waals surface area contributed by atoms with Gasteiger partial charge in [0.25, 0.3) is 5.91 Å². The van der Waals surface area contributed by atoms with Crippen molar-refractivity contribution in [2.24, 2.45) is 0 Å². The van der Waals surface area contributed by atoms with Crippen LogP contribution in [0.25, 0.3) is 0 Å². The van der Waals surface area contributed by atoms with Gasteiger partial charge in [0.15, 0.2) is 5.11 Å². The second-order valence-corrected chi connectivity index (χ2v) is 10.6. The normalized spacial score (nSPS) is 17.8. The van der Waals surface area contributed by atoms with E-state index in [9.17, 15) is 41.0 Å². The van der Waals surface area contributed by atoms with Gasteiger partial charge in [-0.15, -0.1) is 0 Å². The molecule has 1 amide bonds. The molecule has 2 atom stereocenters. The van der Waals surface area contributed by atoms with E-state index >= 15 is 0 Å². The van der Waals surface area contributed by atoms with E-state index in [1.807, 2.05) is 0 Å². The molecule has 1 aliphatic rings. The number of aromatic carboxylic acids is 1. The highest BCUT2D eigenvalue weighted by Crippen LogP contribution is 2.42. The van der Waals surface area contributed by atoms with E-state index in [0.717, 1.165) is 0 Å². The number of hydrogen-bond donors (Lipinski definition) is 4. The van der Waals surface area contributed by atoms with Gasteiger partial charge < -0.3 is 21.1 Å². The molecule has 4 N–H and O–H groups in total. The van der Waals surface area contributed by atoms with Gasteiger partial charge in [-0.1, -0.05) is 59.2 Å². The second-order valence-electron chi connectivity index (χ2n) is 8.68. The van der Waals surface area contributed by atoms with Crippen LogP contribution in [-0.4, -0.2) is 34.2 Å². The third kappa shape index (κ3) is 7.35. The number of nitrogens with one attached hydrogen (secondary N) is 3. The Labute approximate surface area is 248 Å². The molecule has 40 heavy (non-hydrogen) atoms. The lowest BCUT2D eigenvalue weighted by Crippen LogP contribution is -2.54. The molecule has 3 rings (SSSR count). The molecular weight excluding hydrogens is 654 g/mol. The van der Waals surface area contributed by atoms with Gasteiger partial charge in [0.1, 0.15) is 0 Å². The van der Waals surface area contributed by atoms with Crippen molar-refractivity contribution in [2.45, 2.75) is 50.1 Å². The maximum atomic E-state index is 13.2. The average molecular weight is 671 g/mol. The highest BCUT2D eigenvalue weighted by atomic mass is 35.5. The maximum absolute atomic E-state index is 13.2. The zero-order valence-corrected chi connectivity index (χ0v) is 23.5. The number of thiocarbonyl (C=S) groups is 1. The van der Waals surface area contributed by atoms with Crippen LogP contribution in [-0.2, 0) is 12.4 Å². The number of carboxylic acids is 1. The SMILES string of the molecule is O=C(O)c1c(Cl)c(Cl)c(Cl)c(Cl)c1C(=O)N[C@@H]1CCCC[C@H]1NC(=S)Nc1cc(C(F)(F)F)cc(C(F)(F)F)c1. The van der Waals surface area contributed by atoms with Gasteiger partial charge in [-0.05, 0) is 43.3 Å². The van der Waals surface area contributed by atoms with Gasteiger partial charge in [-0.3, -0.25) is 4.79 Å². The van der Waals surface area contributed by atoms with Crippen molar-refractivity contribution in [3.05, 3.63) is 60.5 Å². The Morgan fingerprint density at radius 1 is 0.775 bits per heavy atom. The number of carbonyl (C=O) groups excluding carboxylic acids is 1. The van der Waals surface area contributed by atoms with Gasteiger partial charge in [0.2, 0.25) is 0 Å². The Balaban J connectivity index is 1.83.